The maximum absolute atomic E-state index is 9.70. The average Bonchev–Trinajstić information content (AvgIpc) is 2.12. The molecular formula is C8H15NO6. The van der Waals surface area contributed by atoms with Crippen molar-refractivity contribution in [3.63, 3.8) is 0 Å². The molecule has 0 saturated carbocycles. The van der Waals surface area contributed by atoms with Gasteiger partial charge in [-0.25, -0.2) is 0 Å². The normalized spacial score (nSPS) is 8.60. The smallest absolute Gasteiger partial charge is 0.303 e. The summed E-state index contributed by atoms with van der Waals surface area (Å²) in [4.78, 5) is 29.0. The molecule has 88 valence electrons. The Kier molecular flexibility index (Phi) is 11.0. The summed E-state index contributed by atoms with van der Waals surface area (Å²) in [7, 11) is 0. The Morgan fingerprint density at radius 3 is 1.27 bits per heavy atom. The molecule has 0 atom stereocenters. The van der Waals surface area contributed by atoms with Crippen molar-refractivity contribution in [2.24, 2.45) is 5.73 Å². The molecule has 0 spiro atoms. The Bertz CT molecular complexity index is 201. The molecule has 0 fully saturated rings. The zero-order chi connectivity index (χ0) is 12.3. The Hall–Kier alpha value is -1.63. The van der Waals surface area contributed by atoms with E-state index in [1.54, 1.807) is 0 Å². The maximum Gasteiger partial charge on any atom is 0.303 e. The van der Waals surface area contributed by atoms with Crippen molar-refractivity contribution in [3.05, 3.63) is 0 Å². The lowest BCUT2D eigenvalue weighted by Gasteiger charge is -1.86. The number of carboxylic acid groups (broad SMARTS) is 3. The second-order valence-corrected chi connectivity index (χ2v) is 2.57. The molecule has 0 heterocycles. The van der Waals surface area contributed by atoms with Crippen LogP contribution in [0.15, 0.2) is 0 Å². The van der Waals surface area contributed by atoms with Crippen molar-refractivity contribution in [2.45, 2.75) is 25.7 Å². The minimum atomic E-state index is -1.08. The predicted octanol–water partition coefficient (Wildman–Crippen LogP) is -0.254. The van der Waals surface area contributed by atoms with Gasteiger partial charge in [0.05, 0.1) is 12.8 Å². The van der Waals surface area contributed by atoms with E-state index in [2.05, 4.69) is 0 Å². The van der Waals surface area contributed by atoms with Crippen molar-refractivity contribution < 1.29 is 29.7 Å². The van der Waals surface area contributed by atoms with Crippen molar-refractivity contribution in [2.75, 3.05) is 6.54 Å². The van der Waals surface area contributed by atoms with Crippen LogP contribution < -0.4 is 5.73 Å². The number of nitrogens with two attached hydrogens (primary N) is 1. The van der Waals surface area contributed by atoms with Crippen molar-refractivity contribution in [1.82, 2.24) is 0 Å². The summed E-state index contributed by atoms with van der Waals surface area (Å²) in [6.45, 7) is 0.465. The third kappa shape index (κ3) is 24.5. The van der Waals surface area contributed by atoms with Gasteiger partial charge in [0.25, 0.3) is 0 Å². The van der Waals surface area contributed by atoms with E-state index in [0.717, 1.165) is 0 Å². The van der Waals surface area contributed by atoms with E-state index in [1.165, 1.54) is 0 Å². The quantitative estimate of drug-likeness (QED) is 0.484. The Balaban J connectivity index is 0. The van der Waals surface area contributed by atoms with Gasteiger partial charge >= 0.3 is 17.9 Å². The first-order valence-electron chi connectivity index (χ1n) is 4.25. The van der Waals surface area contributed by atoms with Crippen molar-refractivity contribution >= 4 is 17.9 Å². The van der Waals surface area contributed by atoms with Crippen LogP contribution in [0.3, 0.4) is 0 Å². The molecular weight excluding hydrogens is 206 g/mol. The predicted molar refractivity (Wildman–Crippen MR) is 50.4 cm³/mol. The molecule has 0 radical (unpaired) electrons. The highest BCUT2D eigenvalue weighted by Gasteiger charge is 2.00. The van der Waals surface area contributed by atoms with Crippen LogP contribution in [0.5, 0.6) is 0 Å². The number of hydrogen-bond acceptors (Lipinski definition) is 4. The molecule has 0 aromatic rings. The van der Waals surface area contributed by atoms with Crippen LogP contribution in [-0.4, -0.2) is 39.8 Å². The minimum Gasteiger partial charge on any atom is -0.481 e. The van der Waals surface area contributed by atoms with Gasteiger partial charge in [0, 0.05) is 6.42 Å². The lowest BCUT2D eigenvalue weighted by Crippen LogP contribution is -2.02. The second kappa shape index (κ2) is 10.5. The molecule has 0 aliphatic heterocycles. The average molecular weight is 221 g/mol. The van der Waals surface area contributed by atoms with E-state index in [-0.39, 0.29) is 19.3 Å². The van der Waals surface area contributed by atoms with Crippen LogP contribution in [0.1, 0.15) is 25.7 Å². The highest BCUT2D eigenvalue weighted by Crippen LogP contribution is 1.86. The van der Waals surface area contributed by atoms with E-state index in [4.69, 9.17) is 21.1 Å². The number of aliphatic carboxylic acids is 3. The first-order valence-corrected chi connectivity index (χ1v) is 4.25. The SMILES string of the molecule is NCCCC(=O)O.O=C(O)CCC(=O)O. The van der Waals surface area contributed by atoms with Gasteiger partial charge in [0.2, 0.25) is 0 Å². The van der Waals surface area contributed by atoms with Crippen LogP contribution in [-0.2, 0) is 14.4 Å². The van der Waals surface area contributed by atoms with Crippen LogP contribution in [0.2, 0.25) is 0 Å². The fourth-order valence-corrected chi connectivity index (χ4v) is 0.467. The molecule has 0 saturated heterocycles. The van der Waals surface area contributed by atoms with E-state index >= 15 is 0 Å². The monoisotopic (exact) mass is 221 g/mol. The summed E-state index contributed by atoms with van der Waals surface area (Å²) in [6, 6.07) is 0. The molecule has 0 bridgehead atoms. The van der Waals surface area contributed by atoms with E-state index in [9.17, 15) is 14.4 Å². The van der Waals surface area contributed by atoms with E-state index in [1.807, 2.05) is 0 Å². The summed E-state index contributed by atoms with van der Waals surface area (Å²) < 4.78 is 0. The third-order valence-electron chi connectivity index (χ3n) is 1.15. The van der Waals surface area contributed by atoms with Crippen LogP contribution in [0.4, 0.5) is 0 Å². The van der Waals surface area contributed by atoms with Crippen LogP contribution in [0, 0.1) is 0 Å². The summed E-state index contributed by atoms with van der Waals surface area (Å²) >= 11 is 0. The topological polar surface area (TPSA) is 138 Å². The van der Waals surface area contributed by atoms with Crippen LogP contribution >= 0.6 is 0 Å². The largest absolute Gasteiger partial charge is 0.481 e. The number of carboxylic acids is 3. The summed E-state index contributed by atoms with van der Waals surface area (Å²) in [5.41, 5.74) is 5.01. The molecule has 0 unspecified atom stereocenters. The molecule has 0 aromatic heterocycles. The highest BCUT2D eigenvalue weighted by molar-refractivity contribution is 5.75. The molecule has 5 N–H and O–H groups in total. The van der Waals surface area contributed by atoms with E-state index < -0.39 is 17.9 Å². The van der Waals surface area contributed by atoms with Gasteiger partial charge in [-0.05, 0) is 13.0 Å². The Morgan fingerprint density at radius 2 is 1.13 bits per heavy atom. The standard InChI is InChI=1S/C4H9NO2.C4H6O4/c5-3-1-2-4(6)7;5-3(6)1-2-4(7)8/h1-3,5H2,(H,6,7);1-2H2,(H,5,6)(H,7,8). The lowest BCUT2D eigenvalue weighted by molar-refractivity contribution is -0.143. The number of rotatable bonds is 6. The van der Waals surface area contributed by atoms with Crippen molar-refractivity contribution in [3.8, 4) is 0 Å². The summed E-state index contributed by atoms with van der Waals surface area (Å²) in [5.74, 6) is -2.93. The van der Waals surface area contributed by atoms with Gasteiger partial charge in [-0.1, -0.05) is 0 Å². The van der Waals surface area contributed by atoms with Gasteiger partial charge in [-0.2, -0.15) is 0 Å². The summed E-state index contributed by atoms with van der Waals surface area (Å²) in [5, 5.41) is 23.8. The van der Waals surface area contributed by atoms with E-state index in [0.29, 0.717) is 13.0 Å². The number of hydrogen-bond donors (Lipinski definition) is 4. The first-order chi connectivity index (χ1) is 6.90. The third-order valence-corrected chi connectivity index (χ3v) is 1.15. The Labute approximate surface area is 86.5 Å². The van der Waals surface area contributed by atoms with Gasteiger partial charge in [0.15, 0.2) is 0 Å². The molecule has 0 rings (SSSR count). The summed E-state index contributed by atoms with van der Waals surface area (Å²) in [6.07, 6.45) is 0.177. The molecule has 0 aliphatic carbocycles. The van der Waals surface area contributed by atoms with Crippen molar-refractivity contribution in [1.29, 1.82) is 0 Å². The highest BCUT2D eigenvalue weighted by atomic mass is 16.4. The fourth-order valence-electron chi connectivity index (χ4n) is 0.467. The first kappa shape index (κ1) is 15.8. The molecule has 0 amide bonds. The molecule has 0 aliphatic rings. The zero-order valence-electron chi connectivity index (χ0n) is 8.18. The Morgan fingerprint density at radius 1 is 0.800 bits per heavy atom. The molecule has 7 heteroatoms. The zero-order valence-corrected chi connectivity index (χ0v) is 8.18. The van der Waals surface area contributed by atoms with Crippen LogP contribution in [0.25, 0.3) is 0 Å². The molecule has 7 nitrogen and oxygen atoms in total. The number of carbonyl (C=O) groups is 3. The molecule has 15 heavy (non-hydrogen) atoms. The van der Waals surface area contributed by atoms with Gasteiger partial charge in [-0.15, -0.1) is 0 Å². The fraction of sp³-hybridized carbons (Fsp3) is 0.625. The lowest BCUT2D eigenvalue weighted by atomic mass is 10.3. The van der Waals surface area contributed by atoms with Gasteiger partial charge in [0.1, 0.15) is 0 Å². The van der Waals surface area contributed by atoms with Gasteiger partial charge in [-0.3, -0.25) is 14.4 Å². The molecule has 0 aromatic carbocycles. The maximum atomic E-state index is 9.70. The van der Waals surface area contributed by atoms with Gasteiger partial charge < -0.3 is 21.1 Å². The second-order valence-electron chi connectivity index (χ2n) is 2.57. The minimum absolute atomic E-state index is 0.191.